The van der Waals surface area contributed by atoms with Gasteiger partial charge in [-0.05, 0) is 24.3 Å². The van der Waals surface area contributed by atoms with Gasteiger partial charge in [0.25, 0.3) is 0 Å². The molecular weight excluding hydrogens is 214 g/mol. The molecule has 1 aromatic heterocycles. The van der Waals surface area contributed by atoms with Gasteiger partial charge in [-0.2, -0.15) is 10.4 Å². The van der Waals surface area contributed by atoms with E-state index in [0.717, 1.165) is 11.4 Å². The minimum Gasteiger partial charge on any atom is -0.397 e. The molecule has 0 atom stereocenters. The van der Waals surface area contributed by atoms with Gasteiger partial charge >= 0.3 is 0 Å². The smallest absolute Gasteiger partial charge is 0.0992 e. The molecular formula is C12H13N5. The Morgan fingerprint density at radius 3 is 2.94 bits per heavy atom. The van der Waals surface area contributed by atoms with Crippen LogP contribution < -0.4 is 11.1 Å². The standard InChI is InChI=1S/C12H13N5/c1-17-10(4-5-16-17)8-15-12-6-9(7-13)2-3-11(12)14/h2-6,15H,8,14H2,1H3. The fourth-order valence-electron chi connectivity index (χ4n) is 1.54. The lowest BCUT2D eigenvalue weighted by molar-refractivity contribution is 0.720. The molecule has 0 amide bonds. The van der Waals surface area contributed by atoms with Crippen molar-refractivity contribution in [2.75, 3.05) is 11.1 Å². The SMILES string of the molecule is Cn1nccc1CNc1cc(C#N)ccc1N. The lowest BCUT2D eigenvalue weighted by Crippen LogP contribution is -2.07. The first kappa shape index (κ1) is 11.0. The zero-order chi connectivity index (χ0) is 12.3. The molecule has 0 saturated carbocycles. The number of aryl methyl sites for hydroxylation is 1. The summed E-state index contributed by atoms with van der Waals surface area (Å²) in [5, 5.41) is 16.1. The number of benzene rings is 1. The Morgan fingerprint density at radius 1 is 1.47 bits per heavy atom. The minimum atomic E-state index is 0.590. The van der Waals surface area contributed by atoms with Crippen LogP contribution in [0.15, 0.2) is 30.5 Å². The predicted octanol–water partition coefficient (Wildman–Crippen LogP) is 1.49. The van der Waals surface area contributed by atoms with Crippen LogP contribution in [0.1, 0.15) is 11.3 Å². The van der Waals surface area contributed by atoms with E-state index in [4.69, 9.17) is 11.0 Å². The summed E-state index contributed by atoms with van der Waals surface area (Å²) in [7, 11) is 1.88. The fourth-order valence-corrected chi connectivity index (χ4v) is 1.54. The van der Waals surface area contributed by atoms with Crippen LogP contribution in [-0.2, 0) is 13.6 Å². The predicted molar refractivity (Wildman–Crippen MR) is 66.1 cm³/mol. The van der Waals surface area contributed by atoms with Crippen LogP contribution in [0, 0.1) is 11.3 Å². The van der Waals surface area contributed by atoms with Gasteiger partial charge in [0.1, 0.15) is 0 Å². The molecule has 0 unspecified atom stereocenters. The van der Waals surface area contributed by atoms with Crippen molar-refractivity contribution in [2.45, 2.75) is 6.54 Å². The number of rotatable bonds is 3. The van der Waals surface area contributed by atoms with Gasteiger partial charge in [-0.3, -0.25) is 4.68 Å². The summed E-state index contributed by atoms with van der Waals surface area (Å²) >= 11 is 0. The van der Waals surface area contributed by atoms with Crippen molar-refractivity contribution in [1.29, 1.82) is 5.26 Å². The first-order valence-corrected chi connectivity index (χ1v) is 5.21. The van der Waals surface area contributed by atoms with Crippen LogP contribution >= 0.6 is 0 Å². The van der Waals surface area contributed by atoms with Crippen molar-refractivity contribution in [1.82, 2.24) is 9.78 Å². The summed E-state index contributed by atoms with van der Waals surface area (Å²) in [6.07, 6.45) is 1.74. The first-order chi connectivity index (χ1) is 8.20. The molecule has 3 N–H and O–H groups in total. The van der Waals surface area contributed by atoms with Gasteiger partial charge in [-0.1, -0.05) is 0 Å². The molecule has 0 aliphatic rings. The third-order valence-electron chi connectivity index (χ3n) is 2.56. The monoisotopic (exact) mass is 227 g/mol. The number of nitrogens with zero attached hydrogens (tertiary/aromatic N) is 3. The third kappa shape index (κ3) is 2.37. The van der Waals surface area contributed by atoms with Crippen molar-refractivity contribution in [3.63, 3.8) is 0 Å². The Bertz CT molecular complexity index is 565. The number of aromatic nitrogens is 2. The number of nitrogens with two attached hydrogens (primary N) is 1. The Morgan fingerprint density at radius 2 is 2.29 bits per heavy atom. The van der Waals surface area contributed by atoms with E-state index in [9.17, 15) is 0 Å². The van der Waals surface area contributed by atoms with E-state index in [2.05, 4.69) is 16.5 Å². The third-order valence-corrected chi connectivity index (χ3v) is 2.56. The summed E-state index contributed by atoms with van der Waals surface area (Å²) in [6.45, 7) is 0.621. The van der Waals surface area contributed by atoms with Gasteiger partial charge in [-0.25, -0.2) is 0 Å². The number of nitrogens with one attached hydrogen (secondary N) is 1. The highest BCUT2D eigenvalue weighted by Gasteiger charge is 2.02. The molecule has 0 aliphatic carbocycles. The van der Waals surface area contributed by atoms with Crippen molar-refractivity contribution in [2.24, 2.45) is 7.05 Å². The van der Waals surface area contributed by atoms with Gasteiger partial charge in [0.05, 0.1) is 35.2 Å². The Balaban J connectivity index is 2.14. The summed E-state index contributed by atoms with van der Waals surface area (Å²) in [5.74, 6) is 0. The highest BCUT2D eigenvalue weighted by molar-refractivity contribution is 5.68. The van der Waals surface area contributed by atoms with E-state index < -0.39 is 0 Å². The summed E-state index contributed by atoms with van der Waals surface area (Å²) in [4.78, 5) is 0. The Kier molecular flexibility index (Phi) is 2.97. The number of hydrogen-bond acceptors (Lipinski definition) is 4. The second-order valence-electron chi connectivity index (χ2n) is 3.71. The van der Waals surface area contributed by atoms with Crippen LogP contribution in [0.3, 0.4) is 0 Å². The van der Waals surface area contributed by atoms with Crippen molar-refractivity contribution >= 4 is 11.4 Å². The Labute approximate surface area is 99.5 Å². The zero-order valence-electron chi connectivity index (χ0n) is 9.51. The van der Waals surface area contributed by atoms with E-state index in [1.165, 1.54) is 0 Å². The second kappa shape index (κ2) is 4.58. The second-order valence-corrected chi connectivity index (χ2v) is 3.71. The molecule has 0 aliphatic heterocycles. The number of anilines is 2. The molecule has 1 heterocycles. The number of hydrogen-bond donors (Lipinski definition) is 2. The molecule has 1 aromatic carbocycles. The quantitative estimate of drug-likeness (QED) is 0.778. The van der Waals surface area contributed by atoms with E-state index in [-0.39, 0.29) is 0 Å². The zero-order valence-corrected chi connectivity index (χ0v) is 9.51. The fraction of sp³-hybridized carbons (Fsp3) is 0.167. The maximum Gasteiger partial charge on any atom is 0.0992 e. The molecule has 86 valence electrons. The van der Waals surface area contributed by atoms with Gasteiger partial charge in [0, 0.05) is 13.2 Å². The van der Waals surface area contributed by atoms with Crippen LogP contribution in [0.2, 0.25) is 0 Å². The van der Waals surface area contributed by atoms with Gasteiger partial charge in [0.15, 0.2) is 0 Å². The van der Waals surface area contributed by atoms with E-state index >= 15 is 0 Å². The largest absolute Gasteiger partial charge is 0.397 e. The number of nitriles is 1. The summed E-state index contributed by atoms with van der Waals surface area (Å²) in [6, 6.07) is 9.18. The first-order valence-electron chi connectivity index (χ1n) is 5.21. The van der Waals surface area contributed by atoms with E-state index in [0.29, 0.717) is 17.8 Å². The highest BCUT2D eigenvalue weighted by Crippen LogP contribution is 2.20. The molecule has 2 rings (SSSR count). The summed E-state index contributed by atoms with van der Waals surface area (Å²) in [5.41, 5.74) is 8.86. The molecule has 5 nitrogen and oxygen atoms in total. The van der Waals surface area contributed by atoms with Crippen LogP contribution in [0.5, 0.6) is 0 Å². The molecule has 0 saturated heterocycles. The topological polar surface area (TPSA) is 79.7 Å². The van der Waals surface area contributed by atoms with Crippen molar-refractivity contribution in [3.05, 3.63) is 41.7 Å². The lowest BCUT2D eigenvalue weighted by Gasteiger charge is -2.09. The molecule has 0 radical (unpaired) electrons. The lowest BCUT2D eigenvalue weighted by atomic mass is 10.2. The van der Waals surface area contributed by atoms with Crippen LogP contribution in [0.4, 0.5) is 11.4 Å². The minimum absolute atomic E-state index is 0.590. The van der Waals surface area contributed by atoms with Crippen LogP contribution in [-0.4, -0.2) is 9.78 Å². The molecule has 0 fully saturated rings. The summed E-state index contributed by atoms with van der Waals surface area (Å²) < 4.78 is 1.79. The molecule has 2 aromatic rings. The van der Waals surface area contributed by atoms with Gasteiger partial charge in [0.2, 0.25) is 0 Å². The molecule has 0 spiro atoms. The van der Waals surface area contributed by atoms with Crippen LogP contribution in [0.25, 0.3) is 0 Å². The maximum atomic E-state index is 8.82. The van der Waals surface area contributed by atoms with Gasteiger partial charge < -0.3 is 11.1 Å². The normalized spacial score (nSPS) is 9.88. The van der Waals surface area contributed by atoms with Crippen molar-refractivity contribution in [3.8, 4) is 6.07 Å². The maximum absolute atomic E-state index is 8.82. The van der Waals surface area contributed by atoms with E-state index in [1.54, 1.807) is 29.1 Å². The highest BCUT2D eigenvalue weighted by atomic mass is 15.3. The number of nitrogen functional groups attached to an aromatic ring is 1. The average Bonchev–Trinajstić information content (AvgIpc) is 2.74. The van der Waals surface area contributed by atoms with E-state index in [1.807, 2.05) is 13.1 Å². The molecule has 17 heavy (non-hydrogen) atoms. The Hall–Kier alpha value is -2.48. The van der Waals surface area contributed by atoms with Crippen molar-refractivity contribution < 1.29 is 0 Å². The molecule has 5 heteroatoms. The average molecular weight is 227 g/mol. The van der Waals surface area contributed by atoms with Gasteiger partial charge in [-0.15, -0.1) is 0 Å². The molecule has 0 bridgehead atoms.